The van der Waals surface area contributed by atoms with Crippen LogP contribution in [0.25, 0.3) is 0 Å². The minimum atomic E-state index is -0.884. The molecule has 2 rings (SSSR count). The Labute approximate surface area is 162 Å². The van der Waals surface area contributed by atoms with Gasteiger partial charge < -0.3 is 10.6 Å². The second-order valence-electron chi connectivity index (χ2n) is 6.58. The molecule has 0 saturated carbocycles. The molecule has 2 aromatic rings. The first-order chi connectivity index (χ1) is 12.2. The number of benzene rings is 1. The number of rotatable bonds is 7. The molecule has 0 aliphatic rings. The molecule has 0 radical (unpaired) electrons. The molecule has 1 amide bonds. The Morgan fingerprint density at radius 1 is 1.27 bits per heavy atom. The van der Waals surface area contributed by atoms with Gasteiger partial charge in [0.1, 0.15) is 5.54 Å². The summed E-state index contributed by atoms with van der Waals surface area (Å²) in [5.74, 6) is -0.170. The van der Waals surface area contributed by atoms with E-state index in [1.165, 1.54) is 28.7 Å². The van der Waals surface area contributed by atoms with Crippen LogP contribution in [0.4, 0.5) is 10.8 Å². The van der Waals surface area contributed by atoms with Crippen molar-refractivity contribution < 1.29 is 4.79 Å². The Morgan fingerprint density at radius 2 is 1.92 bits per heavy atom. The van der Waals surface area contributed by atoms with Crippen molar-refractivity contribution >= 4 is 39.8 Å². The van der Waals surface area contributed by atoms with Gasteiger partial charge in [-0.15, -0.1) is 10.2 Å². The molecular weight excluding hydrogens is 366 g/mol. The zero-order valence-electron chi connectivity index (χ0n) is 15.5. The average Bonchev–Trinajstić information content (AvgIpc) is 3.03. The maximum atomic E-state index is 12.4. The Balaban J connectivity index is 1.96. The molecule has 138 valence electrons. The Bertz CT molecular complexity index is 797. The first kappa shape index (κ1) is 20.2. The molecule has 0 spiro atoms. The molecule has 0 bridgehead atoms. The van der Waals surface area contributed by atoms with Crippen molar-refractivity contribution in [2.75, 3.05) is 5.32 Å². The van der Waals surface area contributed by atoms with Crippen LogP contribution in [-0.2, 0) is 4.79 Å². The molecule has 8 heteroatoms. The number of hydrogen-bond acceptors (Lipinski definition) is 7. The highest BCUT2D eigenvalue weighted by Crippen LogP contribution is 2.31. The summed E-state index contributed by atoms with van der Waals surface area (Å²) < 4.78 is 0.700. The zero-order chi connectivity index (χ0) is 19.3. The van der Waals surface area contributed by atoms with Crippen LogP contribution in [0.1, 0.15) is 33.3 Å². The summed E-state index contributed by atoms with van der Waals surface area (Å²) in [5.41, 5.74) is 1.25. The van der Waals surface area contributed by atoms with Crippen LogP contribution in [0.15, 0.2) is 28.6 Å². The van der Waals surface area contributed by atoms with Gasteiger partial charge in [-0.2, -0.15) is 5.26 Å². The minimum Gasteiger partial charge on any atom is -0.337 e. The number of aromatic nitrogens is 2. The van der Waals surface area contributed by atoms with E-state index in [9.17, 15) is 10.1 Å². The van der Waals surface area contributed by atoms with Gasteiger partial charge in [0, 0.05) is 5.69 Å². The highest BCUT2D eigenvalue weighted by Gasteiger charge is 2.32. The van der Waals surface area contributed by atoms with E-state index in [1.54, 1.807) is 13.8 Å². The number of nitrogens with zero attached hydrogens (tertiary/aromatic N) is 3. The Kier molecular flexibility index (Phi) is 6.62. The van der Waals surface area contributed by atoms with E-state index < -0.39 is 5.54 Å². The van der Waals surface area contributed by atoms with E-state index >= 15 is 0 Å². The van der Waals surface area contributed by atoms with E-state index in [-0.39, 0.29) is 17.1 Å². The maximum absolute atomic E-state index is 12.4. The monoisotopic (exact) mass is 389 g/mol. The van der Waals surface area contributed by atoms with Gasteiger partial charge in [-0.3, -0.25) is 4.79 Å². The second-order valence-corrected chi connectivity index (χ2v) is 9.15. The average molecular weight is 390 g/mol. The predicted octanol–water partition coefficient (Wildman–Crippen LogP) is 4.13. The summed E-state index contributed by atoms with van der Waals surface area (Å²) in [5, 5.41) is 23.9. The van der Waals surface area contributed by atoms with Gasteiger partial charge in [-0.1, -0.05) is 54.6 Å². The number of nitrogens with one attached hydrogen (secondary N) is 2. The lowest BCUT2D eigenvalue weighted by Gasteiger charge is -2.28. The largest absolute Gasteiger partial charge is 0.337 e. The maximum Gasteiger partial charge on any atom is 0.234 e. The van der Waals surface area contributed by atoms with Crippen LogP contribution < -0.4 is 10.6 Å². The third-order valence-electron chi connectivity index (χ3n) is 4.13. The molecule has 1 heterocycles. The molecule has 0 fully saturated rings. The van der Waals surface area contributed by atoms with Gasteiger partial charge in [0.25, 0.3) is 0 Å². The quantitative estimate of drug-likeness (QED) is 0.692. The van der Waals surface area contributed by atoms with Crippen molar-refractivity contribution in [2.24, 2.45) is 5.92 Å². The molecule has 0 aliphatic carbocycles. The first-order valence-electron chi connectivity index (χ1n) is 8.30. The van der Waals surface area contributed by atoms with Gasteiger partial charge >= 0.3 is 0 Å². The minimum absolute atomic E-state index is 0.0143. The number of hydrogen-bond donors (Lipinski definition) is 2. The topological polar surface area (TPSA) is 90.7 Å². The van der Waals surface area contributed by atoms with Gasteiger partial charge in [-0.05, 0) is 38.8 Å². The van der Waals surface area contributed by atoms with Crippen LogP contribution >= 0.6 is 23.1 Å². The standard InChI is InChI=1S/C18H23N5OS2/c1-11(2)18(5,10-19)21-15(24)13(4)25-17-23-22-16(26-17)20-14-8-6-12(3)7-9-14/h6-9,11,13H,1-5H3,(H,20,22)(H,21,24)/t13-,18+/m0/s1. The second kappa shape index (κ2) is 8.52. The summed E-state index contributed by atoms with van der Waals surface area (Å²) in [6, 6.07) is 10.2. The van der Waals surface area contributed by atoms with Crippen molar-refractivity contribution in [3.05, 3.63) is 29.8 Å². The van der Waals surface area contributed by atoms with E-state index in [1.807, 2.05) is 45.0 Å². The lowest BCUT2D eigenvalue weighted by molar-refractivity contribution is -0.121. The van der Waals surface area contributed by atoms with E-state index in [0.29, 0.717) is 9.47 Å². The molecule has 0 unspecified atom stereocenters. The number of amides is 1. The lowest BCUT2D eigenvalue weighted by atomic mass is 9.90. The highest BCUT2D eigenvalue weighted by atomic mass is 32.2. The lowest BCUT2D eigenvalue weighted by Crippen LogP contribution is -2.51. The van der Waals surface area contributed by atoms with Crippen LogP contribution in [0.2, 0.25) is 0 Å². The molecule has 2 N–H and O–H groups in total. The SMILES string of the molecule is Cc1ccc(Nc2nnc(S[C@@H](C)C(=O)N[C@](C)(C#N)C(C)C)s2)cc1. The summed E-state index contributed by atoms with van der Waals surface area (Å²) in [7, 11) is 0. The van der Waals surface area contributed by atoms with Crippen molar-refractivity contribution in [1.82, 2.24) is 15.5 Å². The molecule has 1 aromatic heterocycles. The number of anilines is 2. The number of aryl methyl sites for hydroxylation is 1. The fraction of sp³-hybridized carbons (Fsp3) is 0.444. The third kappa shape index (κ3) is 5.19. The summed E-state index contributed by atoms with van der Waals surface area (Å²) in [4.78, 5) is 12.4. The highest BCUT2D eigenvalue weighted by molar-refractivity contribution is 8.02. The van der Waals surface area contributed by atoms with Gasteiger partial charge in [0.05, 0.1) is 11.3 Å². The summed E-state index contributed by atoms with van der Waals surface area (Å²) in [6.45, 7) is 9.39. The van der Waals surface area contributed by atoms with Crippen molar-refractivity contribution in [3.63, 3.8) is 0 Å². The fourth-order valence-electron chi connectivity index (χ4n) is 1.93. The van der Waals surface area contributed by atoms with Crippen molar-refractivity contribution in [2.45, 2.75) is 49.7 Å². The van der Waals surface area contributed by atoms with Crippen molar-refractivity contribution in [3.8, 4) is 6.07 Å². The number of carbonyl (C=O) groups excluding carboxylic acids is 1. The predicted molar refractivity (Wildman–Crippen MR) is 107 cm³/mol. The van der Waals surface area contributed by atoms with E-state index in [4.69, 9.17) is 0 Å². The molecule has 0 aliphatic heterocycles. The van der Waals surface area contributed by atoms with Crippen LogP contribution in [0.3, 0.4) is 0 Å². The number of thioether (sulfide) groups is 1. The normalized spacial score (nSPS) is 14.3. The zero-order valence-corrected chi connectivity index (χ0v) is 17.2. The number of nitriles is 1. The number of carbonyl (C=O) groups is 1. The van der Waals surface area contributed by atoms with E-state index in [2.05, 4.69) is 26.9 Å². The molecular formula is C18H23N5OS2. The van der Waals surface area contributed by atoms with Crippen molar-refractivity contribution in [1.29, 1.82) is 5.26 Å². The molecule has 26 heavy (non-hydrogen) atoms. The first-order valence-corrected chi connectivity index (χ1v) is 10.00. The smallest absolute Gasteiger partial charge is 0.234 e. The fourth-order valence-corrected chi connectivity index (χ4v) is 3.85. The molecule has 1 aromatic carbocycles. The van der Waals surface area contributed by atoms with Gasteiger partial charge in [0.15, 0.2) is 4.34 Å². The van der Waals surface area contributed by atoms with Crippen LogP contribution in [0.5, 0.6) is 0 Å². The Morgan fingerprint density at radius 3 is 2.50 bits per heavy atom. The van der Waals surface area contributed by atoms with Crippen LogP contribution in [0, 0.1) is 24.2 Å². The van der Waals surface area contributed by atoms with Gasteiger partial charge in [-0.25, -0.2) is 0 Å². The molecule has 2 atom stereocenters. The Hall–Kier alpha value is -2.11. The van der Waals surface area contributed by atoms with Crippen LogP contribution in [-0.4, -0.2) is 26.9 Å². The van der Waals surface area contributed by atoms with E-state index in [0.717, 1.165) is 5.69 Å². The van der Waals surface area contributed by atoms with Gasteiger partial charge in [0.2, 0.25) is 11.0 Å². The summed E-state index contributed by atoms with van der Waals surface area (Å²) >= 11 is 2.72. The summed E-state index contributed by atoms with van der Waals surface area (Å²) in [6.07, 6.45) is 0. The molecule has 0 saturated heterocycles. The third-order valence-corrected chi connectivity index (χ3v) is 6.15. The molecule has 6 nitrogen and oxygen atoms in total.